The second-order valence-corrected chi connectivity index (χ2v) is 13.1. The van der Waals surface area contributed by atoms with Crippen molar-refractivity contribution in [2.75, 3.05) is 15.1 Å². The fourth-order valence-corrected chi connectivity index (χ4v) is 8.55. The molecule has 0 bridgehead atoms. The molecule has 4 amide bonds. The number of nitrogens with zero attached hydrogens (tertiary/aromatic N) is 2. The number of hydrogen-bond donors (Lipinski definition) is 2. The minimum atomic E-state index is -1.20. The number of carbonyl (C=O) groups is 4. The first kappa shape index (κ1) is 28.9. The van der Waals surface area contributed by atoms with Crippen molar-refractivity contribution in [3.8, 4) is 5.75 Å². The lowest BCUT2D eigenvalue weighted by molar-refractivity contribution is -0.131. The SMILES string of the molecule is CC12C(=O)N(c3ccccc3)C(=O)C1CC1C(=CCC3C(=O)N(c4ccc(Nc5ccccc5)cc4)C(=O)C31)C2c1ccccc1O. The van der Waals surface area contributed by atoms with Crippen LogP contribution in [0.15, 0.2) is 121 Å². The van der Waals surface area contributed by atoms with E-state index in [2.05, 4.69) is 5.32 Å². The fraction of sp³-hybridized carbons (Fsp3) is 0.231. The van der Waals surface area contributed by atoms with Crippen molar-refractivity contribution < 1.29 is 24.3 Å². The van der Waals surface area contributed by atoms with Crippen LogP contribution in [0.1, 0.15) is 31.2 Å². The molecule has 3 fully saturated rings. The number of phenols is 1. The van der Waals surface area contributed by atoms with E-state index in [4.69, 9.17) is 0 Å². The zero-order chi connectivity index (χ0) is 32.4. The van der Waals surface area contributed by atoms with E-state index in [0.717, 1.165) is 16.9 Å². The predicted molar refractivity (Wildman–Crippen MR) is 178 cm³/mol. The lowest BCUT2D eigenvalue weighted by Crippen LogP contribution is -2.48. The van der Waals surface area contributed by atoms with Crippen LogP contribution in [0.2, 0.25) is 0 Å². The Balaban J connectivity index is 1.17. The monoisotopic (exact) mass is 623 g/mol. The van der Waals surface area contributed by atoms with E-state index in [0.29, 0.717) is 23.4 Å². The molecule has 2 saturated heterocycles. The zero-order valence-electron chi connectivity index (χ0n) is 25.7. The van der Waals surface area contributed by atoms with E-state index in [1.807, 2.05) is 67.6 Å². The second kappa shape index (κ2) is 10.8. The molecule has 1 saturated carbocycles. The molecule has 4 aromatic rings. The van der Waals surface area contributed by atoms with Gasteiger partial charge in [-0.05, 0) is 80.3 Å². The minimum absolute atomic E-state index is 0.0270. The molecular formula is C39H33N3O5. The number of phenolic OH excluding ortho intramolecular Hbond substituents is 1. The Hall–Kier alpha value is -5.50. The number of rotatable bonds is 5. The van der Waals surface area contributed by atoms with E-state index >= 15 is 0 Å². The molecule has 47 heavy (non-hydrogen) atoms. The molecule has 2 aliphatic carbocycles. The van der Waals surface area contributed by atoms with Crippen molar-refractivity contribution >= 4 is 46.4 Å². The summed E-state index contributed by atoms with van der Waals surface area (Å²) in [4.78, 5) is 59.5. The van der Waals surface area contributed by atoms with E-state index < -0.39 is 35.0 Å². The predicted octanol–water partition coefficient (Wildman–Crippen LogP) is 6.57. The number of amides is 4. The Bertz CT molecular complexity index is 1960. The van der Waals surface area contributed by atoms with E-state index in [1.54, 1.807) is 54.6 Å². The van der Waals surface area contributed by atoms with Gasteiger partial charge in [-0.15, -0.1) is 0 Å². The average molecular weight is 624 g/mol. The molecule has 2 aliphatic heterocycles. The van der Waals surface area contributed by atoms with Gasteiger partial charge in [-0.3, -0.25) is 24.1 Å². The van der Waals surface area contributed by atoms with Gasteiger partial charge in [0, 0.05) is 22.9 Å². The van der Waals surface area contributed by atoms with E-state index in [-0.39, 0.29) is 35.8 Å². The van der Waals surface area contributed by atoms with Crippen molar-refractivity contribution in [3.63, 3.8) is 0 Å². The van der Waals surface area contributed by atoms with Gasteiger partial charge in [-0.25, -0.2) is 4.90 Å². The zero-order valence-corrected chi connectivity index (χ0v) is 25.7. The van der Waals surface area contributed by atoms with Crippen LogP contribution in [0.25, 0.3) is 0 Å². The van der Waals surface area contributed by atoms with E-state index in [1.165, 1.54) is 9.80 Å². The smallest absolute Gasteiger partial charge is 0.241 e. The normalized spacial score (nSPS) is 28.1. The largest absolute Gasteiger partial charge is 0.508 e. The highest BCUT2D eigenvalue weighted by atomic mass is 16.3. The Labute approximate surface area is 272 Å². The summed E-state index contributed by atoms with van der Waals surface area (Å²) in [5.74, 6) is -4.29. The number of carbonyl (C=O) groups excluding carboxylic acids is 4. The van der Waals surface area contributed by atoms with Crippen molar-refractivity contribution in [2.24, 2.45) is 29.1 Å². The van der Waals surface area contributed by atoms with Gasteiger partial charge in [0.25, 0.3) is 0 Å². The van der Waals surface area contributed by atoms with Gasteiger partial charge in [0.15, 0.2) is 0 Å². The molecule has 8 nitrogen and oxygen atoms in total. The Kier molecular flexibility index (Phi) is 6.65. The number of anilines is 4. The van der Waals surface area contributed by atoms with Crippen LogP contribution >= 0.6 is 0 Å². The van der Waals surface area contributed by atoms with Crippen LogP contribution < -0.4 is 15.1 Å². The molecule has 4 aliphatic rings. The van der Waals surface area contributed by atoms with Gasteiger partial charge in [-0.2, -0.15) is 0 Å². The van der Waals surface area contributed by atoms with Crippen LogP contribution in [-0.4, -0.2) is 28.7 Å². The molecule has 0 radical (unpaired) electrons. The number of benzene rings is 4. The number of allylic oxidation sites excluding steroid dienone is 2. The standard InChI is InChI=1S/C39H33N3O5/c1-39-31(36(45)42(38(39)47)25-12-6-3-7-13-25)22-30-27(34(39)28-14-8-9-15-32(28)43)20-21-29-33(30)37(46)41(35(29)44)26-18-16-24(17-19-26)40-23-10-4-2-5-11-23/h2-20,29-31,33-34,40,43H,21-22H2,1H3. The molecule has 234 valence electrons. The Morgan fingerprint density at radius 3 is 2.00 bits per heavy atom. The number of hydrogen-bond acceptors (Lipinski definition) is 6. The van der Waals surface area contributed by atoms with Gasteiger partial charge in [-0.1, -0.05) is 66.2 Å². The van der Waals surface area contributed by atoms with Crippen molar-refractivity contribution in [1.82, 2.24) is 0 Å². The van der Waals surface area contributed by atoms with Gasteiger partial charge in [0.2, 0.25) is 23.6 Å². The quantitative estimate of drug-likeness (QED) is 0.192. The highest BCUT2D eigenvalue weighted by Crippen LogP contribution is 2.64. The topological polar surface area (TPSA) is 107 Å². The molecule has 6 atom stereocenters. The number of nitrogens with one attached hydrogen (secondary N) is 1. The Morgan fingerprint density at radius 1 is 0.681 bits per heavy atom. The fourth-order valence-electron chi connectivity index (χ4n) is 8.55. The van der Waals surface area contributed by atoms with Crippen molar-refractivity contribution in [1.29, 1.82) is 0 Å². The molecule has 0 spiro atoms. The summed E-state index contributed by atoms with van der Waals surface area (Å²) in [6.07, 6.45) is 2.59. The lowest BCUT2D eigenvalue weighted by atomic mass is 9.51. The summed E-state index contributed by atoms with van der Waals surface area (Å²) < 4.78 is 0. The molecule has 0 aromatic heterocycles. The molecule has 8 heteroatoms. The summed E-state index contributed by atoms with van der Waals surface area (Å²) in [5, 5.41) is 14.5. The molecule has 6 unspecified atom stereocenters. The van der Waals surface area contributed by atoms with Gasteiger partial charge >= 0.3 is 0 Å². The highest BCUT2D eigenvalue weighted by Gasteiger charge is 2.68. The average Bonchev–Trinajstić information content (AvgIpc) is 3.46. The molecule has 8 rings (SSSR count). The maximum atomic E-state index is 14.4. The first-order valence-electron chi connectivity index (χ1n) is 16.0. The summed E-state index contributed by atoms with van der Waals surface area (Å²) in [6.45, 7) is 1.82. The van der Waals surface area contributed by atoms with Crippen LogP contribution in [0, 0.1) is 29.1 Å². The number of fused-ring (bicyclic) bond motifs is 4. The maximum Gasteiger partial charge on any atom is 0.241 e. The first-order chi connectivity index (χ1) is 22.8. The summed E-state index contributed by atoms with van der Waals surface area (Å²) in [5.41, 5.74) is 2.92. The molecular weight excluding hydrogens is 590 g/mol. The summed E-state index contributed by atoms with van der Waals surface area (Å²) in [6, 6.07) is 32.7. The number of para-hydroxylation sites is 3. The number of aromatic hydroxyl groups is 1. The van der Waals surface area contributed by atoms with Crippen LogP contribution in [-0.2, 0) is 19.2 Å². The van der Waals surface area contributed by atoms with Gasteiger partial charge in [0.1, 0.15) is 5.75 Å². The first-order valence-corrected chi connectivity index (χ1v) is 16.0. The highest BCUT2D eigenvalue weighted by molar-refractivity contribution is 6.25. The Morgan fingerprint density at radius 2 is 1.30 bits per heavy atom. The minimum Gasteiger partial charge on any atom is -0.508 e. The van der Waals surface area contributed by atoms with Crippen LogP contribution in [0.3, 0.4) is 0 Å². The molecule has 2 heterocycles. The summed E-state index contributed by atoms with van der Waals surface area (Å²) in [7, 11) is 0. The van der Waals surface area contributed by atoms with Crippen LogP contribution in [0.5, 0.6) is 5.75 Å². The summed E-state index contributed by atoms with van der Waals surface area (Å²) >= 11 is 0. The van der Waals surface area contributed by atoms with Gasteiger partial charge in [0.05, 0.1) is 34.5 Å². The third-order valence-electron chi connectivity index (χ3n) is 10.7. The molecule has 4 aromatic carbocycles. The maximum absolute atomic E-state index is 14.4. The van der Waals surface area contributed by atoms with Gasteiger partial charge < -0.3 is 10.4 Å². The third-order valence-corrected chi connectivity index (χ3v) is 10.7. The van der Waals surface area contributed by atoms with Crippen molar-refractivity contribution in [3.05, 3.63) is 126 Å². The second-order valence-electron chi connectivity index (χ2n) is 13.1. The lowest BCUT2D eigenvalue weighted by Gasteiger charge is -2.49. The number of imide groups is 2. The third kappa shape index (κ3) is 4.28. The van der Waals surface area contributed by atoms with Crippen LogP contribution in [0.4, 0.5) is 22.7 Å². The van der Waals surface area contributed by atoms with E-state index in [9.17, 15) is 24.3 Å². The molecule has 2 N–H and O–H groups in total. The van der Waals surface area contributed by atoms with Crippen molar-refractivity contribution in [2.45, 2.75) is 25.7 Å².